The van der Waals surface area contributed by atoms with Crippen molar-refractivity contribution in [3.05, 3.63) is 24.3 Å². The zero-order valence-corrected chi connectivity index (χ0v) is 20.3. The van der Waals surface area contributed by atoms with Gasteiger partial charge in [0.2, 0.25) is 0 Å². The summed E-state index contributed by atoms with van der Waals surface area (Å²) in [5.41, 5.74) is 1.99. The average molecular weight is 473 g/mol. The van der Waals surface area contributed by atoms with Crippen LogP contribution in [0.25, 0.3) is 0 Å². The number of hydrogen-bond acceptors (Lipinski definition) is 9. The second kappa shape index (κ2) is 19.4. The van der Waals surface area contributed by atoms with Gasteiger partial charge in [0, 0.05) is 39.3 Å². The Kier molecular flexibility index (Phi) is 16.7. The van der Waals surface area contributed by atoms with Gasteiger partial charge in [-0.25, -0.2) is 0 Å². The summed E-state index contributed by atoms with van der Waals surface area (Å²) in [7, 11) is 0. The van der Waals surface area contributed by atoms with E-state index in [0.717, 1.165) is 50.4 Å². The molecule has 33 heavy (non-hydrogen) atoms. The number of nitrogens with zero attached hydrogens (tertiary/aromatic N) is 2. The van der Waals surface area contributed by atoms with E-state index < -0.39 is 0 Å². The molecule has 2 heterocycles. The molecule has 2 fully saturated rings. The molecule has 0 bridgehead atoms. The zero-order chi connectivity index (χ0) is 23.4. The third-order valence-corrected chi connectivity index (χ3v) is 5.28. The van der Waals surface area contributed by atoms with Crippen LogP contribution in [0.1, 0.15) is 0 Å². The van der Waals surface area contributed by atoms with Gasteiger partial charge in [-0.2, -0.15) is 0 Å². The fourth-order valence-corrected chi connectivity index (χ4v) is 3.32. The normalized spacial score (nSPS) is 21.2. The summed E-state index contributed by atoms with van der Waals surface area (Å²) in [6.45, 7) is 21.9. The van der Waals surface area contributed by atoms with Crippen molar-refractivity contribution in [1.82, 2.24) is 9.80 Å². The van der Waals surface area contributed by atoms with Crippen molar-refractivity contribution in [3.63, 3.8) is 0 Å². The summed E-state index contributed by atoms with van der Waals surface area (Å²) in [5, 5.41) is 0. The molecule has 2 aliphatic rings. The smallest absolute Gasteiger partial charge is 0.0701 e. The fraction of sp³-hybridized carbons (Fsp3) is 0.833. The topological polar surface area (TPSA) is 71.1 Å². The highest BCUT2D eigenvalue weighted by molar-refractivity contribution is 4.95. The van der Waals surface area contributed by atoms with Crippen LogP contribution in [0.15, 0.2) is 24.3 Å². The summed E-state index contributed by atoms with van der Waals surface area (Å²) < 4.78 is 39.4. The van der Waals surface area contributed by atoms with Crippen LogP contribution in [-0.4, -0.2) is 142 Å². The molecule has 0 aromatic heterocycles. The average Bonchev–Trinajstić information content (AvgIpc) is 2.82. The van der Waals surface area contributed by atoms with E-state index in [2.05, 4.69) is 23.0 Å². The monoisotopic (exact) mass is 472 g/mol. The highest BCUT2D eigenvalue weighted by Crippen LogP contribution is 2.00. The van der Waals surface area contributed by atoms with E-state index in [1.165, 1.54) is 0 Å². The number of rotatable bonds is 12. The Morgan fingerprint density at radius 3 is 1.15 bits per heavy atom. The molecule has 9 heteroatoms. The molecule has 0 unspecified atom stereocenters. The molecule has 0 atom stereocenters. The van der Waals surface area contributed by atoms with Crippen LogP contribution < -0.4 is 0 Å². The first-order chi connectivity index (χ1) is 16.2. The van der Waals surface area contributed by atoms with E-state index in [4.69, 9.17) is 33.2 Å². The highest BCUT2D eigenvalue weighted by atomic mass is 16.5. The maximum atomic E-state index is 5.70. The maximum absolute atomic E-state index is 5.70. The van der Waals surface area contributed by atoms with Crippen molar-refractivity contribution in [2.24, 2.45) is 0 Å². The molecule has 0 saturated carbocycles. The van der Waals surface area contributed by atoms with E-state index in [-0.39, 0.29) is 0 Å². The second-order valence-electron chi connectivity index (χ2n) is 8.23. The number of ether oxygens (including phenoxy) is 7. The minimum atomic E-state index is 0.573. The molecule has 0 N–H and O–H groups in total. The Balaban J connectivity index is 1.38. The first kappa shape index (κ1) is 28.4. The van der Waals surface area contributed by atoms with Crippen molar-refractivity contribution in [2.75, 3.05) is 132 Å². The lowest BCUT2D eigenvalue weighted by Gasteiger charge is -2.24. The standard InChI is InChI=1S/C24H44N2O7/c1-23-19-30-11-5-25(6-12-31-20-23)3-9-27-15-17-29-18-16-28-10-4-26-7-13-32-21-24(2)22-33-14-8-26/h1-22H2. The van der Waals surface area contributed by atoms with Crippen LogP contribution in [0.3, 0.4) is 0 Å². The van der Waals surface area contributed by atoms with Gasteiger partial charge in [-0.15, -0.1) is 0 Å². The maximum Gasteiger partial charge on any atom is 0.0701 e. The van der Waals surface area contributed by atoms with Crippen molar-refractivity contribution in [1.29, 1.82) is 0 Å². The van der Waals surface area contributed by atoms with Crippen molar-refractivity contribution in [2.45, 2.75) is 0 Å². The minimum Gasteiger partial charge on any atom is -0.378 e. The molecule has 2 aliphatic heterocycles. The Labute approximate surface area is 199 Å². The lowest BCUT2D eigenvalue weighted by Crippen LogP contribution is -2.35. The zero-order valence-electron chi connectivity index (χ0n) is 20.3. The molecule has 0 aliphatic carbocycles. The molecule has 2 rings (SSSR count). The van der Waals surface area contributed by atoms with Gasteiger partial charge in [0.05, 0.1) is 92.5 Å². The van der Waals surface area contributed by atoms with Gasteiger partial charge >= 0.3 is 0 Å². The largest absolute Gasteiger partial charge is 0.378 e. The van der Waals surface area contributed by atoms with Gasteiger partial charge in [-0.3, -0.25) is 9.80 Å². The van der Waals surface area contributed by atoms with Crippen LogP contribution >= 0.6 is 0 Å². The molecule has 192 valence electrons. The molecule has 2 saturated heterocycles. The van der Waals surface area contributed by atoms with Gasteiger partial charge in [0.15, 0.2) is 0 Å². The summed E-state index contributed by atoms with van der Waals surface area (Å²) in [4.78, 5) is 4.60. The molecule has 0 amide bonds. The predicted octanol–water partition coefficient (Wildman–Crippen LogP) is 0.846. The van der Waals surface area contributed by atoms with Crippen LogP contribution in [0.2, 0.25) is 0 Å². The van der Waals surface area contributed by atoms with Crippen LogP contribution in [-0.2, 0) is 33.2 Å². The number of hydrogen-bond donors (Lipinski definition) is 0. The van der Waals surface area contributed by atoms with Gasteiger partial charge in [-0.05, 0) is 11.1 Å². The Hall–Kier alpha value is -0.880. The predicted molar refractivity (Wildman–Crippen MR) is 127 cm³/mol. The minimum absolute atomic E-state index is 0.573. The molecule has 0 radical (unpaired) electrons. The molecular formula is C24H44N2O7. The molecule has 0 aromatic carbocycles. The van der Waals surface area contributed by atoms with E-state index in [1.807, 2.05) is 0 Å². The van der Waals surface area contributed by atoms with Gasteiger partial charge in [0.25, 0.3) is 0 Å². The fourth-order valence-electron chi connectivity index (χ4n) is 3.32. The van der Waals surface area contributed by atoms with E-state index in [9.17, 15) is 0 Å². The first-order valence-corrected chi connectivity index (χ1v) is 12.1. The van der Waals surface area contributed by atoms with Gasteiger partial charge < -0.3 is 33.2 Å². The Morgan fingerprint density at radius 1 is 0.515 bits per heavy atom. The molecule has 9 nitrogen and oxygen atoms in total. The highest BCUT2D eigenvalue weighted by Gasteiger charge is 2.09. The molecular weight excluding hydrogens is 428 g/mol. The lowest BCUT2D eigenvalue weighted by atomic mass is 10.3. The quantitative estimate of drug-likeness (QED) is 0.304. The molecule has 0 aromatic rings. The van der Waals surface area contributed by atoms with Crippen molar-refractivity contribution in [3.8, 4) is 0 Å². The lowest BCUT2D eigenvalue weighted by molar-refractivity contribution is 0.00000525. The second-order valence-corrected chi connectivity index (χ2v) is 8.23. The third kappa shape index (κ3) is 15.6. The van der Waals surface area contributed by atoms with Crippen molar-refractivity contribution < 1.29 is 33.2 Å². The van der Waals surface area contributed by atoms with Gasteiger partial charge in [0.1, 0.15) is 0 Å². The summed E-state index contributed by atoms with van der Waals surface area (Å²) >= 11 is 0. The van der Waals surface area contributed by atoms with Crippen LogP contribution in [0.4, 0.5) is 0 Å². The van der Waals surface area contributed by atoms with Crippen molar-refractivity contribution >= 4 is 0 Å². The third-order valence-electron chi connectivity index (χ3n) is 5.28. The van der Waals surface area contributed by atoms with E-state index in [1.54, 1.807) is 0 Å². The summed E-state index contributed by atoms with van der Waals surface area (Å²) in [5.74, 6) is 0. The van der Waals surface area contributed by atoms with Gasteiger partial charge in [-0.1, -0.05) is 13.2 Å². The summed E-state index contributed by atoms with van der Waals surface area (Å²) in [6.07, 6.45) is 0. The summed E-state index contributed by atoms with van der Waals surface area (Å²) in [6, 6.07) is 0. The Morgan fingerprint density at radius 2 is 0.818 bits per heavy atom. The molecule has 0 spiro atoms. The van der Waals surface area contributed by atoms with E-state index >= 15 is 0 Å². The first-order valence-electron chi connectivity index (χ1n) is 12.1. The van der Waals surface area contributed by atoms with Crippen LogP contribution in [0, 0.1) is 0 Å². The SMILES string of the molecule is C=C1COCCN(CCOCCOCCOCCN2CCOCC(=C)COCC2)CCOC1. The van der Waals surface area contributed by atoms with E-state index in [0.29, 0.717) is 92.5 Å². The van der Waals surface area contributed by atoms with Crippen LogP contribution in [0.5, 0.6) is 0 Å². The Bertz CT molecular complexity index is 449.